The fourth-order valence-electron chi connectivity index (χ4n) is 3.48. The molecule has 1 heterocycles. The normalized spacial score (nSPS) is 11.6. The van der Waals surface area contributed by atoms with Gasteiger partial charge in [0.25, 0.3) is 0 Å². The minimum absolute atomic E-state index is 0. The summed E-state index contributed by atoms with van der Waals surface area (Å²) >= 11 is 6.52. The summed E-state index contributed by atoms with van der Waals surface area (Å²) in [5, 5.41) is 12.9. The molecule has 0 saturated heterocycles. The maximum atomic E-state index is 12.5. The van der Waals surface area contributed by atoms with Crippen molar-refractivity contribution < 1.29 is 73.9 Å². The zero-order chi connectivity index (χ0) is 22.0. The number of aryl methyl sites for hydroxylation is 2. The molecule has 0 spiro atoms. The van der Waals surface area contributed by atoms with Gasteiger partial charge >= 0.3 is 51.4 Å². The summed E-state index contributed by atoms with van der Waals surface area (Å²) in [6.45, 7) is 3.25. The van der Waals surface area contributed by atoms with Crippen molar-refractivity contribution in [2.24, 2.45) is 0 Å². The van der Waals surface area contributed by atoms with E-state index in [-0.39, 0.29) is 88.4 Å². The second-order valence-electron chi connectivity index (χ2n) is 6.85. The van der Waals surface area contributed by atoms with Crippen molar-refractivity contribution in [1.82, 2.24) is 0 Å². The second-order valence-corrected chi connectivity index (χ2v) is 9.79. The van der Waals surface area contributed by atoms with Gasteiger partial charge in [0.1, 0.15) is 20.2 Å². The molecule has 0 saturated carbocycles. The monoisotopic (exact) mass is 589 g/mol. The average molecular weight is 591 g/mol. The van der Waals surface area contributed by atoms with Crippen molar-refractivity contribution in [1.29, 1.82) is 0 Å². The summed E-state index contributed by atoms with van der Waals surface area (Å²) in [5.74, 6) is -0.151. The second kappa shape index (κ2) is 9.00. The van der Waals surface area contributed by atoms with Gasteiger partial charge in [-0.05, 0) is 69.5 Å². The van der Waals surface area contributed by atoms with Gasteiger partial charge in [-0.2, -0.15) is 0 Å². The zero-order valence-electron chi connectivity index (χ0n) is 16.6. The van der Waals surface area contributed by atoms with Gasteiger partial charge in [0, 0.05) is 22.1 Å². The van der Waals surface area contributed by atoms with Crippen molar-refractivity contribution in [3.05, 3.63) is 66.7 Å². The molecule has 0 amide bonds. The van der Waals surface area contributed by atoms with Gasteiger partial charge in [-0.3, -0.25) is 4.79 Å². The first-order valence-corrected chi connectivity index (χ1v) is 11.6. The number of fused-ring (bicyclic) bond motifs is 2. The van der Waals surface area contributed by atoms with Gasteiger partial charge in [-0.25, -0.2) is 8.42 Å². The molecule has 2 aromatic rings. The molecule has 0 fully saturated rings. The van der Waals surface area contributed by atoms with Crippen LogP contribution in [0.1, 0.15) is 11.1 Å². The van der Waals surface area contributed by atoms with Gasteiger partial charge in [0.15, 0.2) is 11.2 Å². The van der Waals surface area contributed by atoms with Crippen LogP contribution in [0.25, 0.3) is 33.4 Å². The minimum atomic E-state index is -4.80. The summed E-state index contributed by atoms with van der Waals surface area (Å²) in [6.07, 6.45) is 0. The first-order chi connectivity index (χ1) is 14.0. The molecule has 0 unspecified atom stereocenters. The van der Waals surface area contributed by atoms with Crippen molar-refractivity contribution in [3.8, 4) is 28.2 Å². The van der Waals surface area contributed by atoms with Crippen LogP contribution in [0, 0.1) is 13.8 Å². The van der Waals surface area contributed by atoms with Crippen LogP contribution < -0.4 is 61.9 Å². The van der Waals surface area contributed by atoms with E-state index in [0.29, 0.717) is 27.6 Å². The van der Waals surface area contributed by atoms with Gasteiger partial charge in [-0.1, -0.05) is 29.5 Å². The molecule has 0 atom stereocenters. The van der Waals surface area contributed by atoms with E-state index >= 15 is 0 Å². The van der Waals surface area contributed by atoms with Crippen LogP contribution in [0.2, 0.25) is 0 Å². The Morgan fingerprint density at radius 1 is 0.968 bits per heavy atom. The van der Waals surface area contributed by atoms with E-state index in [0.717, 1.165) is 0 Å². The molecule has 31 heavy (non-hydrogen) atoms. The van der Waals surface area contributed by atoms with Crippen LogP contribution in [-0.4, -0.2) is 13.0 Å². The van der Waals surface area contributed by atoms with Gasteiger partial charge in [-0.15, -0.1) is 0 Å². The predicted molar refractivity (Wildman–Crippen MR) is 117 cm³/mol. The molecule has 0 bridgehead atoms. The molecule has 4 rings (SSSR count). The van der Waals surface area contributed by atoms with Crippen molar-refractivity contribution in [2.45, 2.75) is 18.7 Å². The first-order valence-electron chi connectivity index (χ1n) is 8.63. The molecular weight excluding hydrogens is 579 g/mol. The quantitative estimate of drug-likeness (QED) is 0.200. The molecule has 1 aliphatic carbocycles. The summed E-state index contributed by atoms with van der Waals surface area (Å²) in [7, 11) is -4.80. The molecule has 0 aromatic heterocycles. The Labute approximate surface area is 237 Å². The molecule has 2 aromatic carbocycles. The molecular formula is C21H12Br2KO6S-. The van der Waals surface area contributed by atoms with Crippen LogP contribution >= 0.6 is 31.9 Å². The predicted octanol–water partition coefficient (Wildman–Crippen LogP) is 1.69. The van der Waals surface area contributed by atoms with Crippen LogP contribution in [0.5, 0.6) is 5.75 Å². The molecule has 2 aliphatic rings. The van der Waals surface area contributed by atoms with Crippen molar-refractivity contribution >= 4 is 52.9 Å². The van der Waals surface area contributed by atoms with Crippen LogP contribution in [0.3, 0.4) is 0 Å². The topological polar surface area (TPSA) is 110 Å². The fourth-order valence-corrected chi connectivity index (χ4v) is 5.38. The Morgan fingerprint density at radius 3 is 2.26 bits per heavy atom. The Kier molecular flexibility index (Phi) is 7.27. The minimum Gasteiger partial charge on any atom is -0.871 e. The van der Waals surface area contributed by atoms with E-state index in [9.17, 15) is 22.9 Å². The van der Waals surface area contributed by atoms with Crippen LogP contribution in [-0.2, 0) is 10.1 Å². The maximum absolute atomic E-state index is 12.5. The Hall–Kier alpha value is -0.564. The third-order valence-corrected chi connectivity index (χ3v) is 7.23. The van der Waals surface area contributed by atoms with E-state index in [4.69, 9.17) is 4.42 Å². The molecule has 0 radical (unpaired) electrons. The number of hydrogen-bond acceptors (Lipinski definition) is 6. The first kappa shape index (κ1) is 25.1. The number of rotatable bonds is 2. The molecule has 0 N–H and O–H groups in total. The molecule has 154 valence electrons. The largest absolute Gasteiger partial charge is 1.00 e. The molecule has 10 heteroatoms. The van der Waals surface area contributed by atoms with Crippen LogP contribution in [0.4, 0.5) is 0 Å². The number of halogens is 2. The summed E-state index contributed by atoms with van der Waals surface area (Å²) in [4.78, 5) is 12.1. The standard InChI is InChI=1S/C21H14Br2O6S.K/c1-9-7-12-15(11-5-3-4-6-14(11)30(26,27)28)13-8-10(2)19(25)17(23)21(13)29-20(12)16(22)18(9)24;/h3-8,24H,1-2H3,(H,26,27,28);/q;+1/p-2. The van der Waals surface area contributed by atoms with Crippen molar-refractivity contribution in [3.63, 3.8) is 0 Å². The van der Waals surface area contributed by atoms with Crippen molar-refractivity contribution in [2.75, 3.05) is 0 Å². The van der Waals surface area contributed by atoms with E-state index in [1.807, 2.05) is 0 Å². The smallest absolute Gasteiger partial charge is 0.871 e. The summed E-state index contributed by atoms with van der Waals surface area (Å²) in [5.41, 5.74) is 1.64. The SMILES string of the molecule is Cc1cc2c(-c3ccccc3S(=O)(=O)[O-])c3cc(C)c(=O)c(Br)c-3oc2c(Br)c1[O-].[K+]. The number of benzene rings is 3. The van der Waals surface area contributed by atoms with Crippen LogP contribution in [0.15, 0.2) is 59.5 Å². The third kappa shape index (κ3) is 4.22. The van der Waals surface area contributed by atoms with E-state index in [1.54, 1.807) is 32.0 Å². The van der Waals surface area contributed by atoms with Gasteiger partial charge in [0.2, 0.25) is 0 Å². The zero-order valence-corrected chi connectivity index (χ0v) is 23.7. The Morgan fingerprint density at radius 2 is 1.61 bits per heavy atom. The van der Waals surface area contributed by atoms with E-state index < -0.39 is 15.0 Å². The van der Waals surface area contributed by atoms with Gasteiger partial charge < -0.3 is 14.1 Å². The molecule has 6 nitrogen and oxygen atoms in total. The number of hydrogen-bond donors (Lipinski definition) is 0. The average Bonchev–Trinajstić information content (AvgIpc) is 2.69. The van der Waals surface area contributed by atoms with E-state index in [1.165, 1.54) is 18.2 Å². The third-order valence-electron chi connectivity index (χ3n) is 4.89. The fraction of sp³-hybridized carbons (Fsp3) is 0.0952. The Bertz CT molecular complexity index is 1490. The summed E-state index contributed by atoms with van der Waals surface area (Å²) < 4.78 is 42.2. The Balaban J connectivity index is 0.00000272. The van der Waals surface area contributed by atoms with Gasteiger partial charge in [0.05, 0.1) is 9.37 Å². The summed E-state index contributed by atoms with van der Waals surface area (Å²) in [6, 6.07) is 8.99. The maximum Gasteiger partial charge on any atom is 1.00 e. The molecule has 1 aliphatic heterocycles. The van der Waals surface area contributed by atoms with E-state index in [2.05, 4.69) is 31.9 Å².